The summed E-state index contributed by atoms with van der Waals surface area (Å²) in [7, 11) is 0. The Morgan fingerprint density at radius 3 is 2.85 bits per heavy atom. The zero-order chi connectivity index (χ0) is 18.9. The van der Waals surface area contributed by atoms with E-state index in [-0.39, 0.29) is 11.2 Å². The fourth-order valence-electron chi connectivity index (χ4n) is 3.90. The highest BCUT2D eigenvalue weighted by Crippen LogP contribution is 2.32. The first-order valence-corrected chi connectivity index (χ1v) is 9.46. The van der Waals surface area contributed by atoms with Gasteiger partial charge >= 0.3 is 0 Å². The molecule has 142 valence electrons. The smallest absolute Gasteiger partial charge is 0.284 e. The molecule has 0 aromatic carbocycles. The van der Waals surface area contributed by atoms with E-state index in [0.29, 0.717) is 5.92 Å². The number of imidazole rings is 1. The van der Waals surface area contributed by atoms with Crippen LogP contribution in [0.15, 0.2) is 22.9 Å². The molecule has 3 rings (SSSR count). The van der Waals surface area contributed by atoms with Gasteiger partial charge < -0.3 is 14.7 Å². The standard InChI is InChI=1S/C20H30N4O2/c1-5-24-10-8-22-19(24)14-7-6-9-23(12-14)13-15-11-16(18(21)25)26-17(15)20(2,3)4/h8,10-11,14H,5-7,9,12-13H2,1-4H3,(H2,21,25)/t14-/m1/s1. The molecule has 6 nitrogen and oxygen atoms in total. The fourth-order valence-corrected chi connectivity index (χ4v) is 3.90. The minimum atomic E-state index is -0.511. The van der Waals surface area contributed by atoms with Crippen molar-refractivity contribution in [3.63, 3.8) is 0 Å². The second-order valence-electron chi connectivity index (χ2n) is 8.22. The number of carbonyl (C=O) groups is 1. The summed E-state index contributed by atoms with van der Waals surface area (Å²) in [5, 5.41) is 0. The summed E-state index contributed by atoms with van der Waals surface area (Å²) in [5.41, 5.74) is 6.32. The largest absolute Gasteiger partial charge is 0.455 e. The molecule has 0 saturated carbocycles. The Morgan fingerprint density at radius 1 is 1.42 bits per heavy atom. The van der Waals surface area contributed by atoms with E-state index in [2.05, 4.69) is 48.3 Å². The normalized spacial score (nSPS) is 19.0. The topological polar surface area (TPSA) is 77.3 Å². The summed E-state index contributed by atoms with van der Waals surface area (Å²) >= 11 is 0. The molecule has 0 unspecified atom stereocenters. The highest BCUT2D eigenvalue weighted by Gasteiger charge is 2.29. The van der Waals surface area contributed by atoms with E-state index in [4.69, 9.17) is 10.2 Å². The lowest BCUT2D eigenvalue weighted by molar-refractivity contribution is 0.0970. The second kappa shape index (κ2) is 7.27. The van der Waals surface area contributed by atoms with Gasteiger partial charge in [0.25, 0.3) is 5.91 Å². The Bertz CT molecular complexity index is 769. The first-order chi connectivity index (χ1) is 12.3. The number of amides is 1. The molecule has 3 heterocycles. The van der Waals surface area contributed by atoms with Crippen LogP contribution in [0.2, 0.25) is 0 Å². The predicted octanol–water partition coefficient (Wildman–Crippen LogP) is 3.27. The van der Waals surface area contributed by atoms with E-state index in [9.17, 15) is 4.79 Å². The lowest BCUT2D eigenvalue weighted by Gasteiger charge is -2.33. The van der Waals surface area contributed by atoms with Crippen LogP contribution in [0, 0.1) is 0 Å². The van der Waals surface area contributed by atoms with Crippen molar-refractivity contribution in [2.75, 3.05) is 13.1 Å². The molecule has 1 fully saturated rings. The van der Waals surface area contributed by atoms with Crippen LogP contribution in [0.3, 0.4) is 0 Å². The van der Waals surface area contributed by atoms with Crippen LogP contribution in [-0.2, 0) is 18.5 Å². The third kappa shape index (κ3) is 3.85. The number of rotatable bonds is 5. The van der Waals surface area contributed by atoms with Crippen molar-refractivity contribution in [1.82, 2.24) is 14.5 Å². The Hall–Kier alpha value is -2.08. The number of aromatic nitrogens is 2. The Balaban J connectivity index is 1.79. The quantitative estimate of drug-likeness (QED) is 0.890. The van der Waals surface area contributed by atoms with Crippen LogP contribution in [0.25, 0.3) is 0 Å². The van der Waals surface area contributed by atoms with E-state index in [1.54, 1.807) is 0 Å². The fraction of sp³-hybridized carbons (Fsp3) is 0.600. The SMILES string of the molecule is CCn1ccnc1[C@@H]1CCCN(Cc2cc(C(N)=O)oc2C(C)(C)C)C1. The molecule has 0 bridgehead atoms. The maximum absolute atomic E-state index is 11.6. The van der Waals surface area contributed by atoms with E-state index in [1.807, 2.05) is 12.3 Å². The van der Waals surface area contributed by atoms with Crippen LogP contribution >= 0.6 is 0 Å². The Morgan fingerprint density at radius 2 is 2.19 bits per heavy atom. The summed E-state index contributed by atoms with van der Waals surface area (Å²) in [4.78, 5) is 18.6. The maximum atomic E-state index is 11.6. The van der Waals surface area contributed by atoms with Gasteiger partial charge in [-0.1, -0.05) is 20.8 Å². The number of piperidine rings is 1. The molecule has 1 atom stereocenters. The molecule has 2 N–H and O–H groups in total. The monoisotopic (exact) mass is 358 g/mol. The molecule has 0 aliphatic carbocycles. The number of likely N-dealkylation sites (tertiary alicyclic amines) is 1. The molecule has 1 aliphatic rings. The molecule has 0 radical (unpaired) electrons. The summed E-state index contributed by atoms with van der Waals surface area (Å²) in [5.74, 6) is 2.21. The van der Waals surface area contributed by atoms with E-state index >= 15 is 0 Å². The molecule has 0 spiro atoms. The first kappa shape index (κ1) is 18.7. The average molecular weight is 358 g/mol. The van der Waals surface area contributed by atoms with Crippen molar-refractivity contribution in [1.29, 1.82) is 0 Å². The molecule has 1 amide bonds. The van der Waals surface area contributed by atoms with Crippen LogP contribution in [0.1, 0.15) is 74.2 Å². The molecule has 1 saturated heterocycles. The van der Waals surface area contributed by atoms with E-state index in [1.165, 1.54) is 5.82 Å². The lowest BCUT2D eigenvalue weighted by Crippen LogP contribution is -2.35. The van der Waals surface area contributed by atoms with Crippen molar-refractivity contribution in [3.8, 4) is 0 Å². The third-order valence-corrected chi connectivity index (χ3v) is 5.09. The van der Waals surface area contributed by atoms with Crippen LogP contribution in [-0.4, -0.2) is 33.4 Å². The second-order valence-corrected chi connectivity index (χ2v) is 8.22. The van der Waals surface area contributed by atoms with Gasteiger partial charge in [0.2, 0.25) is 0 Å². The van der Waals surface area contributed by atoms with Gasteiger partial charge in [-0.25, -0.2) is 4.98 Å². The van der Waals surface area contributed by atoms with Crippen molar-refractivity contribution in [2.45, 2.75) is 65.0 Å². The highest BCUT2D eigenvalue weighted by atomic mass is 16.4. The summed E-state index contributed by atoms with van der Waals surface area (Å²) in [6.45, 7) is 12.2. The third-order valence-electron chi connectivity index (χ3n) is 5.09. The first-order valence-electron chi connectivity index (χ1n) is 9.46. The van der Waals surface area contributed by atoms with Gasteiger partial charge in [-0.2, -0.15) is 0 Å². The summed E-state index contributed by atoms with van der Waals surface area (Å²) < 4.78 is 8.03. The van der Waals surface area contributed by atoms with Crippen molar-refractivity contribution >= 4 is 5.91 Å². The number of aryl methyl sites for hydroxylation is 1. The zero-order valence-corrected chi connectivity index (χ0v) is 16.3. The van der Waals surface area contributed by atoms with E-state index in [0.717, 1.165) is 50.3 Å². The average Bonchev–Trinajstić information content (AvgIpc) is 3.21. The van der Waals surface area contributed by atoms with Crippen LogP contribution in [0.4, 0.5) is 0 Å². The molecular formula is C20H30N4O2. The number of primary amides is 1. The Kier molecular flexibility index (Phi) is 5.23. The summed E-state index contributed by atoms with van der Waals surface area (Å²) in [6, 6.07) is 1.82. The van der Waals surface area contributed by atoms with Crippen molar-refractivity contribution < 1.29 is 9.21 Å². The van der Waals surface area contributed by atoms with Gasteiger partial charge in [0.1, 0.15) is 11.6 Å². The number of nitrogens with two attached hydrogens (primary N) is 1. The van der Waals surface area contributed by atoms with E-state index < -0.39 is 5.91 Å². The number of carbonyl (C=O) groups excluding carboxylic acids is 1. The summed E-state index contributed by atoms with van der Waals surface area (Å²) in [6.07, 6.45) is 6.26. The zero-order valence-electron chi connectivity index (χ0n) is 16.3. The molecule has 6 heteroatoms. The lowest BCUT2D eigenvalue weighted by atomic mass is 9.90. The number of hydrogen-bond donors (Lipinski definition) is 1. The van der Waals surface area contributed by atoms with Gasteiger partial charge in [-0.05, 0) is 32.4 Å². The predicted molar refractivity (Wildman–Crippen MR) is 101 cm³/mol. The van der Waals surface area contributed by atoms with Gasteiger partial charge in [0, 0.05) is 48.9 Å². The van der Waals surface area contributed by atoms with Crippen LogP contribution in [0.5, 0.6) is 0 Å². The molecule has 1 aliphatic heterocycles. The maximum Gasteiger partial charge on any atom is 0.284 e. The molecule has 2 aromatic heterocycles. The number of hydrogen-bond acceptors (Lipinski definition) is 4. The van der Waals surface area contributed by atoms with Crippen LogP contribution < -0.4 is 5.73 Å². The molecule has 2 aromatic rings. The highest BCUT2D eigenvalue weighted by molar-refractivity contribution is 5.90. The molecule has 26 heavy (non-hydrogen) atoms. The number of nitrogens with zero attached hydrogens (tertiary/aromatic N) is 3. The minimum absolute atomic E-state index is 0.170. The van der Waals surface area contributed by atoms with Gasteiger partial charge in [0.05, 0.1) is 0 Å². The van der Waals surface area contributed by atoms with Gasteiger partial charge in [0.15, 0.2) is 5.76 Å². The van der Waals surface area contributed by atoms with Crippen molar-refractivity contribution in [3.05, 3.63) is 41.4 Å². The molecular weight excluding hydrogens is 328 g/mol. The minimum Gasteiger partial charge on any atom is -0.455 e. The Labute approximate surface area is 155 Å². The van der Waals surface area contributed by atoms with Gasteiger partial charge in [-0.15, -0.1) is 0 Å². The van der Waals surface area contributed by atoms with Gasteiger partial charge in [-0.3, -0.25) is 9.69 Å². The number of furan rings is 1. The van der Waals surface area contributed by atoms with Crippen molar-refractivity contribution in [2.24, 2.45) is 5.73 Å².